The van der Waals surface area contributed by atoms with Crippen molar-refractivity contribution in [1.29, 1.82) is 0 Å². The van der Waals surface area contributed by atoms with Crippen molar-refractivity contribution in [3.63, 3.8) is 0 Å². The van der Waals surface area contributed by atoms with Crippen LogP contribution >= 0.6 is 0 Å². The van der Waals surface area contributed by atoms with Gasteiger partial charge in [-0.05, 0) is 81.0 Å². The fraction of sp³-hybridized carbons (Fsp3) is 0.483. The number of fused-ring (bicyclic) bond motifs is 2. The van der Waals surface area contributed by atoms with Gasteiger partial charge in [0.25, 0.3) is 0 Å². The van der Waals surface area contributed by atoms with Crippen molar-refractivity contribution >= 4 is 11.8 Å². The quantitative estimate of drug-likeness (QED) is 0.378. The van der Waals surface area contributed by atoms with Crippen LogP contribution in [0.2, 0.25) is 0 Å². The molecule has 4 aliphatic rings. The van der Waals surface area contributed by atoms with Gasteiger partial charge in [0.15, 0.2) is 0 Å². The summed E-state index contributed by atoms with van der Waals surface area (Å²) in [7, 11) is 0. The fourth-order valence-corrected chi connectivity index (χ4v) is 6.36. The number of carboxylic acid groups (broad SMARTS) is 1. The number of aromatic carboxylic acids is 1. The minimum atomic E-state index is -0.949. The van der Waals surface area contributed by atoms with Crippen LogP contribution in [0, 0.1) is 11.6 Å². The Balaban J connectivity index is 1.11. The van der Waals surface area contributed by atoms with E-state index in [9.17, 15) is 18.7 Å². The molecule has 38 heavy (non-hydrogen) atoms. The van der Waals surface area contributed by atoms with Crippen molar-refractivity contribution in [3.8, 4) is 11.3 Å². The maximum absolute atomic E-state index is 14.6. The third kappa shape index (κ3) is 4.17. The highest BCUT2D eigenvalue weighted by molar-refractivity contribution is 5.88. The average Bonchev–Trinajstić information content (AvgIpc) is 3.83. The standard InChI is InChI=1S/C29H29F2N3O4/c30-23-2-1-3-24(31)25(23)26-22(27(38-33-26)16-6-7-16)14-37-20-11-18-8-9-19(12-20)34(18)28-21(15-4-5-15)10-17(13-32-28)29(35)36/h1-3,10,13,15-16,18-20H,4-9,11-12,14H2,(H,35,36)/t18-,19+,20+. The Bertz CT molecular complexity index is 1370. The molecule has 2 bridgehead atoms. The van der Waals surface area contributed by atoms with Crippen LogP contribution in [0.25, 0.3) is 11.3 Å². The molecule has 3 aromatic rings. The highest BCUT2D eigenvalue weighted by Gasteiger charge is 2.44. The van der Waals surface area contributed by atoms with Crippen molar-refractivity contribution in [2.45, 2.75) is 88.0 Å². The van der Waals surface area contributed by atoms with Gasteiger partial charge in [-0.2, -0.15) is 0 Å². The van der Waals surface area contributed by atoms with Crippen LogP contribution in [-0.4, -0.2) is 39.4 Å². The summed E-state index contributed by atoms with van der Waals surface area (Å²) in [6, 6.07) is 6.12. The van der Waals surface area contributed by atoms with Crippen LogP contribution < -0.4 is 4.90 Å². The van der Waals surface area contributed by atoms with Crippen LogP contribution in [0.3, 0.4) is 0 Å². The first-order valence-electron chi connectivity index (χ1n) is 13.5. The number of benzene rings is 1. The fourth-order valence-electron chi connectivity index (χ4n) is 6.36. The number of halogens is 2. The Morgan fingerprint density at radius 3 is 2.37 bits per heavy atom. The molecule has 0 spiro atoms. The number of aromatic nitrogens is 2. The SMILES string of the molecule is O=C(O)c1cnc(N2[C@@H]3CC[C@H]2C[C@@H](OCc2c(-c4c(F)cccc4F)noc2C2CC2)C3)c(C2CC2)c1. The normalized spacial score (nSPS) is 24.7. The molecule has 7 rings (SSSR count). The lowest BCUT2D eigenvalue weighted by Gasteiger charge is -2.40. The number of anilines is 1. The topological polar surface area (TPSA) is 88.7 Å². The van der Waals surface area contributed by atoms with Crippen molar-refractivity contribution in [1.82, 2.24) is 10.1 Å². The molecule has 4 fully saturated rings. The third-order valence-corrected chi connectivity index (χ3v) is 8.52. The zero-order valence-electron chi connectivity index (χ0n) is 20.9. The first kappa shape index (κ1) is 23.8. The Labute approximate surface area is 218 Å². The Morgan fingerprint density at radius 1 is 1.05 bits per heavy atom. The van der Waals surface area contributed by atoms with E-state index >= 15 is 0 Å². The molecule has 0 radical (unpaired) electrons. The van der Waals surface area contributed by atoms with Gasteiger partial charge in [0.1, 0.15) is 28.9 Å². The zero-order valence-corrected chi connectivity index (χ0v) is 20.9. The second-order valence-corrected chi connectivity index (χ2v) is 11.2. The highest BCUT2D eigenvalue weighted by Crippen LogP contribution is 2.49. The molecule has 4 heterocycles. The summed E-state index contributed by atoms with van der Waals surface area (Å²) < 4.78 is 41.2. The van der Waals surface area contributed by atoms with E-state index in [0.29, 0.717) is 17.2 Å². The molecule has 2 saturated heterocycles. The maximum atomic E-state index is 14.6. The molecular formula is C29H29F2N3O4. The lowest BCUT2D eigenvalue weighted by molar-refractivity contribution is 0.0145. The van der Waals surface area contributed by atoms with Gasteiger partial charge < -0.3 is 19.3 Å². The van der Waals surface area contributed by atoms with E-state index < -0.39 is 17.6 Å². The Hall–Kier alpha value is -3.33. The lowest BCUT2D eigenvalue weighted by Crippen LogP contribution is -2.46. The van der Waals surface area contributed by atoms with Gasteiger partial charge in [-0.3, -0.25) is 0 Å². The van der Waals surface area contributed by atoms with Gasteiger partial charge in [0.2, 0.25) is 0 Å². The monoisotopic (exact) mass is 521 g/mol. The Morgan fingerprint density at radius 2 is 1.74 bits per heavy atom. The van der Waals surface area contributed by atoms with Crippen molar-refractivity contribution in [3.05, 3.63) is 64.5 Å². The second kappa shape index (κ2) is 9.15. The van der Waals surface area contributed by atoms with Crippen molar-refractivity contribution in [2.75, 3.05) is 4.90 Å². The molecule has 3 atom stereocenters. The van der Waals surface area contributed by atoms with Gasteiger partial charge in [0, 0.05) is 29.8 Å². The van der Waals surface area contributed by atoms with E-state index in [4.69, 9.17) is 9.26 Å². The largest absolute Gasteiger partial charge is 0.478 e. The summed E-state index contributed by atoms with van der Waals surface area (Å²) in [5, 5.41) is 13.5. The molecule has 2 aromatic heterocycles. The summed E-state index contributed by atoms with van der Waals surface area (Å²) in [5.74, 6) is -0.0619. The molecule has 1 N–H and O–H groups in total. The molecule has 7 nitrogen and oxygen atoms in total. The average molecular weight is 522 g/mol. The maximum Gasteiger partial charge on any atom is 0.337 e. The van der Waals surface area contributed by atoms with Gasteiger partial charge in [-0.15, -0.1) is 0 Å². The number of rotatable bonds is 8. The number of pyridine rings is 1. The number of hydrogen-bond acceptors (Lipinski definition) is 6. The second-order valence-electron chi connectivity index (χ2n) is 11.2. The molecular weight excluding hydrogens is 492 g/mol. The van der Waals surface area contributed by atoms with Gasteiger partial charge in [-0.1, -0.05) is 11.2 Å². The van der Waals surface area contributed by atoms with Crippen LogP contribution in [0.4, 0.5) is 14.6 Å². The summed E-state index contributed by atoms with van der Waals surface area (Å²) in [6.45, 7) is 0.196. The van der Waals surface area contributed by atoms with Gasteiger partial charge in [0.05, 0.1) is 23.8 Å². The molecule has 9 heteroatoms. The van der Waals surface area contributed by atoms with Crippen LogP contribution in [-0.2, 0) is 11.3 Å². The molecule has 2 saturated carbocycles. The van der Waals surface area contributed by atoms with E-state index in [1.165, 1.54) is 24.4 Å². The van der Waals surface area contributed by atoms with E-state index in [0.717, 1.165) is 62.7 Å². The number of ether oxygens (including phenoxy) is 1. The zero-order chi connectivity index (χ0) is 26.0. The third-order valence-electron chi connectivity index (χ3n) is 8.52. The summed E-state index contributed by atoms with van der Waals surface area (Å²) in [5.41, 5.74) is 1.97. The van der Waals surface area contributed by atoms with Gasteiger partial charge in [-0.25, -0.2) is 18.6 Å². The highest BCUT2D eigenvalue weighted by atomic mass is 19.1. The number of nitrogens with zero attached hydrogens (tertiary/aromatic N) is 3. The minimum absolute atomic E-state index is 0.00770. The number of carbonyl (C=O) groups is 1. The molecule has 2 aliphatic heterocycles. The smallest absolute Gasteiger partial charge is 0.337 e. The van der Waals surface area contributed by atoms with E-state index in [-0.39, 0.29) is 47.5 Å². The van der Waals surface area contributed by atoms with E-state index in [1.54, 1.807) is 6.07 Å². The molecule has 0 amide bonds. The predicted molar refractivity (Wildman–Crippen MR) is 134 cm³/mol. The summed E-state index contributed by atoms with van der Waals surface area (Å²) >= 11 is 0. The molecule has 2 aliphatic carbocycles. The van der Waals surface area contributed by atoms with Crippen LogP contribution in [0.15, 0.2) is 35.0 Å². The first-order chi connectivity index (χ1) is 18.5. The predicted octanol–water partition coefficient (Wildman–Crippen LogP) is 6.18. The minimum Gasteiger partial charge on any atom is -0.478 e. The lowest BCUT2D eigenvalue weighted by atomic mass is 9.97. The van der Waals surface area contributed by atoms with Crippen molar-refractivity contribution in [2.24, 2.45) is 0 Å². The number of piperidine rings is 1. The molecule has 0 unspecified atom stereocenters. The summed E-state index contributed by atoms with van der Waals surface area (Å²) in [6.07, 6.45) is 9.24. The number of hydrogen-bond donors (Lipinski definition) is 1. The molecule has 1 aromatic carbocycles. The van der Waals surface area contributed by atoms with E-state index in [2.05, 4.69) is 15.0 Å². The van der Waals surface area contributed by atoms with Crippen LogP contribution in [0.1, 0.15) is 90.4 Å². The summed E-state index contributed by atoms with van der Waals surface area (Å²) in [4.78, 5) is 18.6. The number of carboxylic acids is 1. The molecule has 198 valence electrons. The van der Waals surface area contributed by atoms with Gasteiger partial charge >= 0.3 is 5.97 Å². The Kier molecular flexibility index (Phi) is 5.72. The first-order valence-corrected chi connectivity index (χ1v) is 13.5. The van der Waals surface area contributed by atoms with Crippen molar-refractivity contribution < 1.29 is 27.9 Å². The van der Waals surface area contributed by atoms with Crippen LogP contribution in [0.5, 0.6) is 0 Å². The van der Waals surface area contributed by atoms with E-state index in [1.807, 2.05) is 0 Å².